The lowest BCUT2D eigenvalue weighted by Gasteiger charge is -2.19. The number of nitrogens with one attached hydrogen (secondary N) is 1. The molecule has 0 aromatic heterocycles. The second-order valence-corrected chi connectivity index (χ2v) is 6.20. The molecular formula is C19H21NO2. The number of aryl methyl sites for hydroxylation is 1. The van der Waals surface area contributed by atoms with E-state index < -0.39 is 6.10 Å². The Morgan fingerprint density at radius 1 is 1.09 bits per heavy atom. The summed E-state index contributed by atoms with van der Waals surface area (Å²) in [6.07, 6.45) is -0.674. The number of amides is 1. The molecule has 3 rings (SSSR count). The van der Waals surface area contributed by atoms with Gasteiger partial charge in [-0.05, 0) is 61.6 Å². The van der Waals surface area contributed by atoms with Crippen LogP contribution in [0, 0.1) is 20.8 Å². The van der Waals surface area contributed by atoms with Crippen LogP contribution < -0.4 is 5.32 Å². The zero-order valence-corrected chi connectivity index (χ0v) is 13.4. The molecular weight excluding hydrogens is 274 g/mol. The number of aliphatic hydroxyl groups excluding tert-OH is 1. The van der Waals surface area contributed by atoms with Crippen molar-refractivity contribution in [2.75, 3.05) is 5.32 Å². The Kier molecular flexibility index (Phi) is 3.53. The monoisotopic (exact) mass is 295 g/mol. The van der Waals surface area contributed by atoms with Crippen molar-refractivity contribution in [1.29, 1.82) is 0 Å². The van der Waals surface area contributed by atoms with Crippen LogP contribution >= 0.6 is 0 Å². The predicted molar refractivity (Wildman–Crippen MR) is 88.2 cm³/mol. The molecule has 114 valence electrons. The number of carbonyl (C=O) groups is 1. The molecule has 2 aromatic carbocycles. The maximum atomic E-state index is 11.9. The van der Waals surface area contributed by atoms with Crippen molar-refractivity contribution in [3.8, 4) is 0 Å². The zero-order chi connectivity index (χ0) is 16.0. The molecule has 1 heterocycles. The second-order valence-electron chi connectivity index (χ2n) is 6.20. The second kappa shape index (κ2) is 5.25. The summed E-state index contributed by atoms with van der Waals surface area (Å²) in [5.74, 6) is -0.141. The van der Waals surface area contributed by atoms with Gasteiger partial charge in [0, 0.05) is 5.69 Å². The van der Waals surface area contributed by atoms with Gasteiger partial charge in [0.2, 0.25) is 5.91 Å². The van der Waals surface area contributed by atoms with Crippen LogP contribution in [0.5, 0.6) is 0 Å². The first-order valence-corrected chi connectivity index (χ1v) is 7.59. The maximum Gasteiger partial charge on any atom is 0.231 e. The molecule has 2 unspecified atom stereocenters. The number of carbonyl (C=O) groups excluding carboxylic acids is 1. The minimum Gasteiger partial charge on any atom is -0.384 e. The fraction of sp³-hybridized carbons (Fsp3) is 0.316. The van der Waals surface area contributed by atoms with Crippen molar-refractivity contribution in [3.63, 3.8) is 0 Å². The minimum atomic E-state index is -0.674. The first-order chi connectivity index (χ1) is 10.4. The number of hydrogen-bond donors (Lipinski definition) is 2. The van der Waals surface area contributed by atoms with Gasteiger partial charge in [0.25, 0.3) is 0 Å². The molecule has 0 saturated carbocycles. The number of fused-ring (bicyclic) bond motifs is 1. The van der Waals surface area contributed by atoms with Gasteiger partial charge in [-0.2, -0.15) is 0 Å². The first-order valence-electron chi connectivity index (χ1n) is 7.59. The molecule has 3 nitrogen and oxygen atoms in total. The third kappa shape index (κ3) is 2.22. The predicted octanol–water partition coefficient (Wildman–Crippen LogP) is 3.75. The molecule has 22 heavy (non-hydrogen) atoms. The molecule has 0 aliphatic carbocycles. The van der Waals surface area contributed by atoms with E-state index >= 15 is 0 Å². The van der Waals surface area contributed by atoms with Crippen molar-refractivity contribution < 1.29 is 9.90 Å². The largest absolute Gasteiger partial charge is 0.384 e. The van der Waals surface area contributed by atoms with Crippen molar-refractivity contribution in [2.45, 2.75) is 39.7 Å². The van der Waals surface area contributed by atoms with Crippen LogP contribution in [0.25, 0.3) is 0 Å². The molecule has 0 spiro atoms. The molecule has 0 saturated heterocycles. The summed E-state index contributed by atoms with van der Waals surface area (Å²) in [6, 6.07) is 9.89. The summed E-state index contributed by atoms with van der Waals surface area (Å²) in [7, 11) is 0. The minimum absolute atomic E-state index is 0.0273. The van der Waals surface area contributed by atoms with Gasteiger partial charge < -0.3 is 10.4 Å². The Hall–Kier alpha value is -2.13. The van der Waals surface area contributed by atoms with Gasteiger partial charge in [-0.25, -0.2) is 0 Å². The fourth-order valence-corrected chi connectivity index (χ4v) is 3.06. The maximum absolute atomic E-state index is 11.9. The summed E-state index contributed by atoms with van der Waals surface area (Å²) in [6.45, 7) is 7.92. The quantitative estimate of drug-likeness (QED) is 0.886. The van der Waals surface area contributed by atoms with Crippen molar-refractivity contribution >= 4 is 11.6 Å². The Balaban J connectivity index is 2.10. The fourth-order valence-electron chi connectivity index (χ4n) is 3.06. The highest BCUT2D eigenvalue weighted by molar-refractivity contribution is 6.03. The number of anilines is 1. The van der Waals surface area contributed by atoms with Crippen LogP contribution in [-0.4, -0.2) is 11.0 Å². The summed E-state index contributed by atoms with van der Waals surface area (Å²) >= 11 is 0. The normalized spacial score (nSPS) is 18.0. The van der Waals surface area contributed by atoms with Gasteiger partial charge in [0.15, 0.2) is 0 Å². The lowest BCUT2D eigenvalue weighted by Crippen LogP contribution is -2.08. The van der Waals surface area contributed by atoms with Crippen LogP contribution in [0.2, 0.25) is 0 Å². The van der Waals surface area contributed by atoms with Crippen molar-refractivity contribution in [1.82, 2.24) is 0 Å². The van der Waals surface area contributed by atoms with E-state index in [0.29, 0.717) is 0 Å². The van der Waals surface area contributed by atoms with Crippen molar-refractivity contribution in [2.24, 2.45) is 0 Å². The van der Waals surface area contributed by atoms with Gasteiger partial charge >= 0.3 is 0 Å². The molecule has 2 N–H and O–H groups in total. The lowest BCUT2D eigenvalue weighted by atomic mass is 9.89. The molecule has 0 fully saturated rings. The Bertz CT molecular complexity index is 747. The smallest absolute Gasteiger partial charge is 0.231 e. The van der Waals surface area contributed by atoms with E-state index in [9.17, 15) is 9.90 Å². The van der Waals surface area contributed by atoms with E-state index in [1.165, 1.54) is 5.56 Å². The van der Waals surface area contributed by atoms with Gasteiger partial charge in [-0.3, -0.25) is 4.79 Å². The lowest BCUT2D eigenvalue weighted by molar-refractivity contribution is -0.116. The van der Waals surface area contributed by atoms with Crippen LogP contribution in [-0.2, 0) is 4.79 Å². The van der Waals surface area contributed by atoms with Crippen LogP contribution in [0.15, 0.2) is 30.3 Å². The topological polar surface area (TPSA) is 49.3 Å². The molecule has 1 amide bonds. The summed E-state index contributed by atoms with van der Waals surface area (Å²) in [5.41, 5.74) is 6.88. The summed E-state index contributed by atoms with van der Waals surface area (Å²) in [4.78, 5) is 11.9. The van der Waals surface area contributed by atoms with E-state index in [4.69, 9.17) is 0 Å². The first kappa shape index (κ1) is 14.8. The molecule has 0 radical (unpaired) electrons. The highest BCUT2D eigenvalue weighted by Gasteiger charge is 2.30. The van der Waals surface area contributed by atoms with Crippen LogP contribution in [0.4, 0.5) is 5.69 Å². The summed E-state index contributed by atoms with van der Waals surface area (Å²) < 4.78 is 0. The Labute approximate surface area is 131 Å². The zero-order valence-electron chi connectivity index (χ0n) is 13.4. The highest BCUT2D eigenvalue weighted by Crippen LogP contribution is 2.40. The average Bonchev–Trinajstić information content (AvgIpc) is 2.79. The van der Waals surface area contributed by atoms with E-state index in [-0.39, 0.29) is 11.8 Å². The number of rotatable bonds is 2. The number of aliphatic hydroxyl groups is 1. The van der Waals surface area contributed by atoms with Crippen LogP contribution in [0.3, 0.4) is 0 Å². The van der Waals surface area contributed by atoms with E-state index in [0.717, 1.165) is 33.5 Å². The molecule has 1 aliphatic rings. The number of hydrogen-bond acceptors (Lipinski definition) is 2. The standard InChI is InChI=1S/C19H21NO2/c1-10-5-7-14(8-6-10)18(21)16-9-15-13(4)19(22)20-17(15)12(3)11(16)2/h5-9,13,18,21H,1-4H3,(H,20,22). The SMILES string of the molecule is Cc1ccc(C(O)c2cc3c(c(C)c2C)NC(=O)C3C)cc1. The highest BCUT2D eigenvalue weighted by atomic mass is 16.3. The number of benzene rings is 2. The Morgan fingerprint density at radius 2 is 1.73 bits per heavy atom. The molecule has 2 atom stereocenters. The van der Waals surface area contributed by atoms with Crippen LogP contribution in [0.1, 0.15) is 52.3 Å². The molecule has 2 aromatic rings. The van der Waals surface area contributed by atoms with E-state index in [2.05, 4.69) is 5.32 Å². The summed E-state index contributed by atoms with van der Waals surface area (Å²) in [5, 5.41) is 13.7. The third-order valence-corrected chi connectivity index (χ3v) is 4.77. The molecule has 1 aliphatic heterocycles. The van der Waals surface area contributed by atoms with E-state index in [1.807, 2.05) is 58.0 Å². The average molecular weight is 295 g/mol. The van der Waals surface area contributed by atoms with Gasteiger partial charge in [-0.15, -0.1) is 0 Å². The Morgan fingerprint density at radius 3 is 2.36 bits per heavy atom. The third-order valence-electron chi connectivity index (χ3n) is 4.77. The van der Waals surface area contributed by atoms with Gasteiger partial charge in [-0.1, -0.05) is 29.8 Å². The molecule has 3 heteroatoms. The van der Waals surface area contributed by atoms with Gasteiger partial charge in [0.05, 0.1) is 5.92 Å². The molecule has 0 bridgehead atoms. The van der Waals surface area contributed by atoms with Gasteiger partial charge in [0.1, 0.15) is 6.10 Å². The van der Waals surface area contributed by atoms with E-state index in [1.54, 1.807) is 0 Å². The van der Waals surface area contributed by atoms with Crippen molar-refractivity contribution in [3.05, 3.63) is 63.7 Å².